The molecule has 1 heterocycles. The van der Waals surface area contributed by atoms with Gasteiger partial charge in [-0.1, -0.05) is 6.07 Å². The van der Waals surface area contributed by atoms with Gasteiger partial charge in [0.15, 0.2) is 0 Å². The predicted octanol–water partition coefficient (Wildman–Crippen LogP) is 1.38. The molecule has 4 heteroatoms. The van der Waals surface area contributed by atoms with Crippen LogP contribution >= 0.6 is 11.3 Å². The molecule has 1 unspecified atom stereocenters. The molecule has 1 aliphatic rings. The first-order chi connectivity index (χ1) is 7.34. The molecule has 1 aromatic heterocycles. The summed E-state index contributed by atoms with van der Waals surface area (Å²) < 4.78 is 5.41. The van der Waals surface area contributed by atoms with Crippen molar-refractivity contribution in [2.24, 2.45) is 0 Å². The van der Waals surface area contributed by atoms with Crippen LogP contribution in [0.2, 0.25) is 0 Å². The lowest BCUT2D eigenvalue weighted by molar-refractivity contribution is 0.0297. The molecule has 0 bridgehead atoms. The fraction of sp³-hybridized carbons (Fsp3) is 0.636. The van der Waals surface area contributed by atoms with Crippen LogP contribution in [0, 0.1) is 0 Å². The number of hydrogen-bond acceptors (Lipinski definition) is 4. The first kappa shape index (κ1) is 11.1. The van der Waals surface area contributed by atoms with E-state index >= 15 is 0 Å². The summed E-state index contributed by atoms with van der Waals surface area (Å²) in [5.74, 6) is 0. The second-order valence-electron chi connectivity index (χ2n) is 3.93. The van der Waals surface area contributed by atoms with E-state index in [0.717, 1.165) is 0 Å². The summed E-state index contributed by atoms with van der Waals surface area (Å²) in [6.45, 7) is 1.67. The van der Waals surface area contributed by atoms with E-state index in [4.69, 9.17) is 4.74 Å². The molecular formula is C11H17NO2S. The Bertz CT molecular complexity index is 272. The fourth-order valence-corrected chi connectivity index (χ4v) is 1.98. The van der Waals surface area contributed by atoms with Gasteiger partial charge in [0.2, 0.25) is 0 Å². The van der Waals surface area contributed by atoms with Crippen LogP contribution in [0.4, 0.5) is 0 Å². The van der Waals surface area contributed by atoms with Crippen molar-refractivity contribution < 1.29 is 9.84 Å². The van der Waals surface area contributed by atoms with Crippen LogP contribution in [0.1, 0.15) is 17.7 Å². The Kier molecular flexibility index (Phi) is 4.14. The monoisotopic (exact) mass is 227 g/mol. The van der Waals surface area contributed by atoms with Crippen LogP contribution in [-0.2, 0) is 11.3 Å². The van der Waals surface area contributed by atoms with E-state index in [1.165, 1.54) is 17.7 Å². The highest BCUT2D eigenvalue weighted by Crippen LogP contribution is 2.18. The molecule has 0 aliphatic heterocycles. The summed E-state index contributed by atoms with van der Waals surface area (Å²) in [6.07, 6.45) is 2.12. The third kappa shape index (κ3) is 4.30. The van der Waals surface area contributed by atoms with Crippen molar-refractivity contribution in [2.45, 2.75) is 31.6 Å². The van der Waals surface area contributed by atoms with Crippen molar-refractivity contribution in [3.05, 3.63) is 22.4 Å². The molecule has 1 aromatic rings. The van der Waals surface area contributed by atoms with E-state index < -0.39 is 0 Å². The summed E-state index contributed by atoms with van der Waals surface area (Å²) in [6, 6.07) is 4.70. The summed E-state index contributed by atoms with van der Waals surface area (Å²) in [4.78, 5) is 1.21. The topological polar surface area (TPSA) is 41.5 Å². The van der Waals surface area contributed by atoms with Crippen LogP contribution in [0.25, 0.3) is 0 Å². The van der Waals surface area contributed by atoms with Crippen LogP contribution in [0.3, 0.4) is 0 Å². The molecule has 0 aromatic carbocycles. The summed E-state index contributed by atoms with van der Waals surface area (Å²) >= 11 is 1.68. The Balaban J connectivity index is 1.52. The Morgan fingerprint density at radius 2 is 2.47 bits per heavy atom. The number of aliphatic hydroxyl groups excluding tert-OH is 1. The third-order valence-electron chi connectivity index (χ3n) is 2.35. The maximum Gasteiger partial charge on any atom is 0.0897 e. The van der Waals surface area contributed by atoms with E-state index in [1.54, 1.807) is 11.3 Å². The summed E-state index contributed by atoms with van der Waals surface area (Å²) in [5.41, 5.74) is 0. The van der Waals surface area contributed by atoms with Crippen LogP contribution in [-0.4, -0.2) is 30.4 Å². The van der Waals surface area contributed by atoms with Gasteiger partial charge in [-0.2, -0.15) is 0 Å². The van der Waals surface area contributed by atoms with Crippen LogP contribution in [0.5, 0.6) is 0 Å². The lowest BCUT2D eigenvalue weighted by atomic mass is 10.3. The van der Waals surface area contributed by atoms with Crippen LogP contribution in [0.15, 0.2) is 17.5 Å². The minimum atomic E-state index is -0.384. The summed E-state index contributed by atoms with van der Waals surface area (Å²) in [7, 11) is 0. The van der Waals surface area contributed by atoms with E-state index in [9.17, 15) is 5.11 Å². The summed E-state index contributed by atoms with van der Waals surface area (Å²) in [5, 5.41) is 14.9. The van der Waals surface area contributed by atoms with Gasteiger partial charge in [0, 0.05) is 17.5 Å². The first-order valence-corrected chi connectivity index (χ1v) is 6.24. The minimum absolute atomic E-state index is 0.384. The highest BCUT2D eigenvalue weighted by Gasteiger charge is 2.21. The number of nitrogens with one attached hydrogen (secondary N) is 1. The van der Waals surface area contributed by atoms with Crippen molar-refractivity contribution in [3.63, 3.8) is 0 Å². The maximum absolute atomic E-state index is 9.57. The average Bonchev–Trinajstić information content (AvgIpc) is 2.92. The normalized spacial score (nSPS) is 17.9. The molecule has 1 aliphatic carbocycles. The molecule has 1 atom stereocenters. The standard InChI is InChI=1S/C11H17NO2S/c13-10(6-12-9-3-4-9)7-14-8-11-2-1-5-15-11/h1-2,5,9-10,12-13H,3-4,6-8H2. The largest absolute Gasteiger partial charge is 0.389 e. The maximum atomic E-state index is 9.57. The average molecular weight is 227 g/mol. The minimum Gasteiger partial charge on any atom is -0.389 e. The molecule has 15 heavy (non-hydrogen) atoms. The molecule has 84 valence electrons. The van der Waals surface area contributed by atoms with Gasteiger partial charge < -0.3 is 15.2 Å². The van der Waals surface area contributed by atoms with E-state index in [1.807, 2.05) is 17.5 Å². The second kappa shape index (κ2) is 5.61. The van der Waals surface area contributed by atoms with E-state index in [2.05, 4.69) is 5.32 Å². The van der Waals surface area contributed by atoms with Gasteiger partial charge in [-0.05, 0) is 24.3 Å². The molecule has 1 saturated carbocycles. The van der Waals surface area contributed by atoms with E-state index in [-0.39, 0.29) is 6.10 Å². The van der Waals surface area contributed by atoms with Crippen molar-refractivity contribution in [2.75, 3.05) is 13.2 Å². The number of ether oxygens (including phenoxy) is 1. The van der Waals surface area contributed by atoms with Gasteiger partial charge in [0.1, 0.15) is 0 Å². The molecular weight excluding hydrogens is 210 g/mol. The number of aliphatic hydroxyl groups is 1. The lowest BCUT2D eigenvalue weighted by Gasteiger charge is -2.11. The number of thiophene rings is 1. The molecule has 3 nitrogen and oxygen atoms in total. The second-order valence-corrected chi connectivity index (χ2v) is 4.96. The zero-order valence-electron chi connectivity index (χ0n) is 8.69. The fourth-order valence-electron chi connectivity index (χ4n) is 1.34. The number of rotatable bonds is 7. The smallest absolute Gasteiger partial charge is 0.0897 e. The Morgan fingerprint density at radius 1 is 1.60 bits per heavy atom. The van der Waals surface area contributed by atoms with Crippen LogP contribution < -0.4 is 5.32 Å². The Morgan fingerprint density at radius 3 is 3.13 bits per heavy atom. The highest BCUT2D eigenvalue weighted by atomic mass is 32.1. The molecule has 0 spiro atoms. The first-order valence-electron chi connectivity index (χ1n) is 5.36. The van der Waals surface area contributed by atoms with Crippen molar-refractivity contribution in [1.29, 1.82) is 0 Å². The highest BCUT2D eigenvalue weighted by molar-refractivity contribution is 7.09. The van der Waals surface area contributed by atoms with Gasteiger partial charge in [0.25, 0.3) is 0 Å². The van der Waals surface area contributed by atoms with Gasteiger partial charge in [-0.25, -0.2) is 0 Å². The van der Waals surface area contributed by atoms with Gasteiger partial charge >= 0.3 is 0 Å². The molecule has 0 amide bonds. The Labute approximate surface area is 94.1 Å². The van der Waals surface area contributed by atoms with Gasteiger partial charge in [-0.15, -0.1) is 11.3 Å². The number of hydrogen-bond donors (Lipinski definition) is 2. The van der Waals surface area contributed by atoms with Gasteiger partial charge in [0.05, 0.1) is 19.3 Å². The molecule has 0 radical (unpaired) electrons. The zero-order valence-corrected chi connectivity index (χ0v) is 9.50. The van der Waals surface area contributed by atoms with Gasteiger partial charge in [-0.3, -0.25) is 0 Å². The third-order valence-corrected chi connectivity index (χ3v) is 3.20. The van der Waals surface area contributed by atoms with Crippen molar-refractivity contribution in [1.82, 2.24) is 5.32 Å². The molecule has 0 saturated heterocycles. The van der Waals surface area contributed by atoms with Crippen molar-refractivity contribution >= 4 is 11.3 Å². The molecule has 2 N–H and O–H groups in total. The zero-order chi connectivity index (χ0) is 10.5. The quantitative estimate of drug-likeness (QED) is 0.739. The predicted molar refractivity (Wildman–Crippen MR) is 61.0 cm³/mol. The lowest BCUT2D eigenvalue weighted by Crippen LogP contribution is -2.31. The molecule has 2 rings (SSSR count). The molecule has 1 fully saturated rings. The Hall–Kier alpha value is -0.420. The SMILES string of the molecule is OC(CNC1CC1)COCc1cccs1. The van der Waals surface area contributed by atoms with E-state index in [0.29, 0.717) is 25.8 Å². The van der Waals surface area contributed by atoms with Crippen molar-refractivity contribution in [3.8, 4) is 0 Å².